The molecule has 0 bridgehead atoms. The van der Waals surface area contributed by atoms with Gasteiger partial charge in [-0.25, -0.2) is 4.68 Å². The van der Waals surface area contributed by atoms with E-state index in [1.54, 1.807) is 0 Å². The van der Waals surface area contributed by atoms with Gasteiger partial charge in [0.15, 0.2) is 0 Å². The summed E-state index contributed by atoms with van der Waals surface area (Å²) in [5.41, 5.74) is 2.57. The zero-order chi connectivity index (χ0) is 13.9. The Balaban J connectivity index is 0.00000161. The summed E-state index contributed by atoms with van der Waals surface area (Å²) in [5, 5.41) is 0. The minimum absolute atomic E-state index is 0. The Kier molecular flexibility index (Phi) is 5.67. The maximum absolute atomic E-state index is 2.54. The van der Waals surface area contributed by atoms with Crippen LogP contribution < -0.4 is 33.6 Å². The van der Waals surface area contributed by atoms with Crippen LogP contribution in [-0.2, 0) is 14.1 Å². The summed E-state index contributed by atoms with van der Waals surface area (Å²) in [6.07, 6.45) is 5.38. The lowest BCUT2D eigenvalue weighted by molar-refractivity contribution is -0.738. The van der Waals surface area contributed by atoms with Crippen molar-refractivity contribution in [3.8, 4) is 11.3 Å². The predicted molar refractivity (Wildman–Crippen MR) is 82.7 cm³/mol. The van der Waals surface area contributed by atoms with Gasteiger partial charge in [0.1, 0.15) is 7.05 Å². The van der Waals surface area contributed by atoms with Gasteiger partial charge in [-0.2, -0.15) is 4.68 Å². The minimum Gasteiger partial charge on any atom is -1.00 e. The fraction of sp³-hybridized carbons (Fsp3) is 0.471. The molecule has 1 aromatic heterocycles. The van der Waals surface area contributed by atoms with Gasteiger partial charge in [0, 0.05) is 12.6 Å². The molecule has 0 radical (unpaired) electrons. The van der Waals surface area contributed by atoms with Crippen molar-refractivity contribution in [2.75, 3.05) is 18.0 Å². The van der Waals surface area contributed by atoms with Crippen LogP contribution in [0.3, 0.4) is 0 Å². The topological polar surface area (TPSA) is 12.1 Å². The normalized spacial score (nSPS) is 15.4. The van der Waals surface area contributed by atoms with Gasteiger partial charge in [-0.05, 0) is 25.7 Å². The first-order valence-electron chi connectivity index (χ1n) is 7.64. The second kappa shape index (κ2) is 7.29. The van der Waals surface area contributed by atoms with Gasteiger partial charge in [0.2, 0.25) is 0 Å². The highest BCUT2D eigenvalue weighted by Gasteiger charge is 2.24. The number of aromatic nitrogens is 2. The molecule has 0 saturated carbocycles. The van der Waals surface area contributed by atoms with E-state index in [-0.39, 0.29) is 24.0 Å². The van der Waals surface area contributed by atoms with Crippen molar-refractivity contribution < 1.29 is 28.7 Å². The summed E-state index contributed by atoms with van der Waals surface area (Å²) in [7, 11) is 4.30. The second-order valence-corrected chi connectivity index (χ2v) is 5.70. The Labute approximate surface area is 144 Å². The monoisotopic (exact) mass is 397 g/mol. The average molecular weight is 397 g/mol. The molecule has 3 nitrogen and oxygen atoms in total. The van der Waals surface area contributed by atoms with Gasteiger partial charge in [-0.15, -0.1) is 0 Å². The molecule has 0 unspecified atom stereocenters. The van der Waals surface area contributed by atoms with Gasteiger partial charge < -0.3 is 24.0 Å². The molecule has 1 aromatic carbocycles. The van der Waals surface area contributed by atoms with Crippen molar-refractivity contribution in [3.05, 3.63) is 36.4 Å². The van der Waals surface area contributed by atoms with Gasteiger partial charge >= 0.3 is 0 Å². The summed E-state index contributed by atoms with van der Waals surface area (Å²) in [4.78, 5) is 2.54. The number of hydrogen-bond donors (Lipinski definition) is 0. The quantitative estimate of drug-likeness (QED) is 0.510. The number of hydrogen-bond acceptors (Lipinski definition) is 1. The highest BCUT2D eigenvalue weighted by molar-refractivity contribution is 5.62. The lowest BCUT2D eigenvalue weighted by Crippen LogP contribution is -3.00. The van der Waals surface area contributed by atoms with E-state index < -0.39 is 0 Å². The van der Waals surface area contributed by atoms with E-state index in [2.05, 4.69) is 64.8 Å². The van der Waals surface area contributed by atoms with Crippen molar-refractivity contribution in [2.45, 2.75) is 25.7 Å². The summed E-state index contributed by atoms with van der Waals surface area (Å²) < 4.78 is 4.52. The Morgan fingerprint density at radius 2 is 1.57 bits per heavy atom. The highest BCUT2D eigenvalue weighted by atomic mass is 127. The molecule has 0 atom stereocenters. The van der Waals surface area contributed by atoms with Crippen molar-refractivity contribution in [1.82, 2.24) is 4.68 Å². The van der Waals surface area contributed by atoms with Gasteiger partial charge in [0.25, 0.3) is 5.82 Å². The van der Waals surface area contributed by atoms with Crippen LogP contribution >= 0.6 is 0 Å². The molecule has 4 heteroatoms. The molecule has 2 aromatic rings. The van der Waals surface area contributed by atoms with Crippen LogP contribution in [0, 0.1) is 0 Å². The van der Waals surface area contributed by atoms with Crippen LogP contribution in [0.5, 0.6) is 0 Å². The molecule has 114 valence electrons. The Hall–Kier alpha value is -1.04. The second-order valence-electron chi connectivity index (χ2n) is 5.70. The van der Waals surface area contributed by atoms with E-state index in [9.17, 15) is 0 Å². The third-order valence-corrected chi connectivity index (χ3v) is 4.40. The van der Waals surface area contributed by atoms with Crippen LogP contribution in [0.15, 0.2) is 36.4 Å². The first-order valence-corrected chi connectivity index (χ1v) is 7.64. The van der Waals surface area contributed by atoms with E-state index in [0.29, 0.717) is 0 Å². The number of nitrogens with zero attached hydrogens (tertiary/aromatic N) is 3. The number of rotatable bonds is 2. The molecule has 1 fully saturated rings. The van der Waals surface area contributed by atoms with Crippen LogP contribution in [0.1, 0.15) is 25.7 Å². The largest absolute Gasteiger partial charge is 1.00 e. The molecule has 21 heavy (non-hydrogen) atoms. The molecule has 1 aliphatic heterocycles. The maximum Gasteiger partial charge on any atom is 0.297 e. The lowest BCUT2D eigenvalue weighted by Gasteiger charge is -2.13. The van der Waals surface area contributed by atoms with Crippen LogP contribution in [-0.4, -0.2) is 17.8 Å². The molecule has 1 saturated heterocycles. The SMILES string of the molecule is Cn1c(-c2ccccc2)cc(N2CCCCCC2)[n+]1C.[I-]. The Morgan fingerprint density at radius 3 is 2.19 bits per heavy atom. The lowest BCUT2D eigenvalue weighted by atomic mass is 10.1. The summed E-state index contributed by atoms with van der Waals surface area (Å²) >= 11 is 0. The van der Waals surface area contributed by atoms with Crippen LogP contribution in [0.2, 0.25) is 0 Å². The summed E-state index contributed by atoms with van der Waals surface area (Å²) in [6.45, 7) is 2.37. The third kappa shape index (κ3) is 3.42. The highest BCUT2D eigenvalue weighted by Crippen LogP contribution is 2.24. The van der Waals surface area contributed by atoms with E-state index >= 15 is 0 Å². The Bertz CT molecular complexity index is 569. The molecule has 2 heterocycles. The zero-order valence-corrected chi connectivity index (χ0v) is 15.1. The molecule has 0 amide bonds. The first kappa shape index (κ1) is 16.3. The minimum atomic E-state index is 0. The van der Waals surface area contributed by atoms with Gasteiger partial charge in [0.05, 0.1) is 24.8 Å². The maximum atomic E-state index is 2.54. The van der Waals surface area contributed by atoms with Gasteiger partial charge in [-0.3, -0.25) is 4.90 Å². The van der Waals surface area contributed by atoms with Crippen molar-refractivity contribution in [1.29, 1.82) is 0 Å². The zero-order valence-electron chi connectivity index (χ0n) is 12.9. The molecular formula is C17H24IN3. The molecule has 0 spiro atoms. The fourth-order valence-corrected chi connectivity index (χ4v) is 3.10. The molecular weight excluding hydrogens is 373 g/mol. The summed E-state index contributed by atoms with van der Waals surface area (Å²) in [6, 6.07) is 13.0. The third-order valence-electron chi connectivity index (χ3n) is 4.40. The standard InChI is InChI=1S/C17H24N3.HI/c1-18-16(15-10-6-5-7-11-15)14-17(19(18)2)20-12-8-3-4-9-13-20;/h5-7,10-11,14H,3-4,8-9,12-13H2,1-2H3;1H/q+1;/p-1. The molecule has 3 rings (SSSR count). The fourth-order valence-electron chi connectivity index (χ4n) is 3.10. The molecule has 1 aliphatic rings. The average Bonchev–Trinajstić information content (AvgIpc) is 2.69. The van der Waals surface area contributed by atoms with E-state index in [0.717, 1.165) is 0 Å². The van der Waals surface area contributed by atoms with E-state index in [1.165, 1.54) is 55.8 Å². The van der Waals surface area contributed by atoms with Crippen molar-refractivity contribution in [3.63, 3.8) is 0 Å². The first-order chi connectivity index (χ1) is 9.77. The van der Waals surface area contributed by atoms with Crippen LogP contribution in [0.25, 0.3) is 11.3 Å². The summed E-state index contributed by atoms with van der Waals surface area (Å²) in [5.74, 6) is 1.34. The van der Waals surface area contributed by atoms with Gasteiger partial charge in [-0.1, -0.05) is 30.3 Å². The van der Waals surface area contributed by atoms with Crippen molar-refractivity contribution >= 4 is 5.82 Å². The number of benzene rings is 1. The Morgan fingerprint density at radius 1 is 0.952 bits per heavy atom. The van der Waals surface area contributed by atoms with E-state index in [4.69, 9.17) is 0 Å². The van der Waals surface area contributed by atoms with Crippen LogP contribution in [0.4, 0.5) is 5.82 Å². The predicted octanol–water partition coefficient (Wildman–Crippen LogP) is -0.0990. The van der Waals surface area contributed by atoms with Crippen molar-refractivity contribution in [2.24, 2.45) is 14.1 Å². The molecule has 0 N–H and O–H groups in total. The molecule has 0 aliphatic carbocycles. The van der Waals surface area contributed by atoms with E-state index in [1.807, 2.05) is 0 Å². The number of anilines is 1. The number of halogens is 1. The smallest absolute Gasteiger partial charge is 0.297 e.